The van der Waals surface area contributed by atoms with E-state index in [2.05, 4.69) is 17.1 Å². The number of carbonyl (C=O) groups excluding carboxylic acids is 1. The second kappa shape index (κ2) is 9.07. The number of amides is 1. The van der Waals surface area contributed by atoms with Crippen LogP contribution in [0.15, 0.2) is 33.9 Å². The number of benzene rings is 1. The molecule has 0 saturated carbocycles. The molecule has 2 heterocycles. The van der Waals surface area contributed by atoms with Gasteiger partial charge in [-0.3, -0.25) is 4.79 Å². The smallest absolute Gasteiger partial charge is 0.277 e. The third-order valence-electron chi connectivity index (χ3n) is 4.57. The van der Waals surface area contributed by atoms with E-state index in [1.165, 1.54) is 23.7 Å². The molecule has 0 radical (unpaired) electrons. The number of carbonyl (C=O) groups is 1. The summed E-state index contributed by atoms with van der Waals surface area (Å²) in [7, 11) is 0. The molecule has 0 aliphatic carbocycles. The second-order valence-corrected chi connectivity index (χ2v) is 7.42. The van der Waals surface area contributed by atoms with E-state index in [1.54, 1.807) is 0 Å². The van der Waals surface area contributed by atoms with Gasteiger partial charge in [-0.1, -0.05) is 36.4 Å². The summed E-state index contributed by atoms with van der Waals surface area (Å²) in [6.07, 6.45) is 4.42. The lowest BCUT2D eigenvalue weighted by Gasteiger charge is -2.35. The molecule has 1 aromatic carbocycles. The van der Waals surface area contributed by atoms with Crippen LogP contribution < -0.4 is 4.74 Å². The minimum absolute atomic E-state index is 0.150. The van der Waals surface area contributed by atoms with Crippen molar-refractivity contribution in [2.24, 2.45) is 0 Å². The van der Waals surface area contributed by atoms with E-state index in [1.807, 2.05) is 36.1 Å². The van der Waals surface area contributed by atoms with Crippen molar-refractivity contribution < 1.29 is 13.9 Å². The highest BCUT2D eigenvalue weighted by molar-refractivity contribution is 7.99. The zero-order chi connectivity index (χ0) is 18.4. The lowest BCUT2D eigenvalue weighted by atomic mass is 10.0. The number of hydrogen-bond donors (Lipinski definition) is 0. The van der Waals surface area contributed by atoms with Gasteiger partial charge in [0.25, 0.3) is 11.1 Å². The summed E-state index contributed by atoms with van der Waals surface area (Å²) in [6.45, 7) is 5.24. The van der Waals surface area contributed by atoms with Crippen molar-refractivity contribution in [1.29, 1.82) is 0 Å². The molecular weight excluding hydrogens is 350 g/mol. The summed E-state index contributed by atoms with van der Waals surface area (Å²) in [6, 6.07) is 8.16. The lowest BCUT2D eigenvalue weighted by Crippen LogP contribution is -2.44. The van der Waals surface area contributed by atoms with E-state index in [4.69, 9.17) is 9.15 Å². The lowest BCUT2D eigenvalue weighted by molar-refractivity contribution is -0.132. The van der Waals surface area contributed by atoms with Crippen LogP contribution in [-0.4, -0.2) is 39.3 Å². The van der Waals surface area contributed by atoms with Gasteiger partial charge in [0.2, 0.25) is 5.91 Å². The zero-order valence-electron chi connectivity index (χ0n) is 15.3. The van der Waals surface area contributed by atoms with Crippen molar-refractivity contribution in [2.45, 2.75) is 57.4 Å². The largest absolute Gasteiger partial charge is 0.484 e. The average molecular weight is 375 g/mol. The number of ether oxygens (including phenoxy) is 1. The second-order valence-electron chi connectivity index (χ2n) is 6.50. The van der Waals surface area contributed by atoms with Gasteiger partial charge in [0.1, 0.15) is 5.75 Å². The molecule has 0 spiro atoms. The summed E-state index contributed by atoms with van der Waals surface area (Å²) in [5, 5.41) is 8.39. The number of hydrogen-bond acceptors (Lipinski definition) is 6. The zero-order valence-corrected chi connectivity index (χ0v) is 16.1. The highest BCUT2D eigenvalue weighted by Gasteiger charge is 2.25. The molecule has 6 nitrogen and oxygen atoms in total. The van der Waals surface area contributed by atoms with Gasteiger partial charge in [-0.15, -0.1) is 10.2 Å². The Hall–Kier alpha value is -2.02. The number of nitrogens with zero attached hydrogens (tertiary/aromatic N) is 3. The van der Waals surface area contributed by atoms with E-state index in [-0.39, 0.29) is 12.5 Å². The van der Waals surface area contributed by atoms with Gasteiger partial charge in [-0.05, 0) is 44.7 Å². The molecule has 0 bridgehead atoms. The molecule has 3 rings (SSSR count). The summed E-state index contributed by atoms with van der Waals surface area (Å²) < 4.78 is 11.2. The normalized spacial score (nSPS) is 17.3. The van der Waals surface area contributed by atoms with E-state index in [0.717, 1.165) is 31.6 Å². The molecule has 140 valence electrons. The first-order chi connectivity index (χ1) is 12.7. The van der Waals surface area contributed by atoms with Crippen molar-refractivity contribution in [3.63, 3.8) is 0 Å². The van der Waals surface area contributed by atoms with Crippen LogP contribution in [0, 0.1) is 6.92 Å². The third-order valence-corrected chi connectivity index (χ3v) is 5.37. The predicted molar refractivity (Wildman–Crippen MR) is 100 cm³/mol. The van der Waals surface area contributed by atoms with Crippen molar-refractivity contribution in [3.8, 4) is 5.75 Å². The summed E-state index contributed by atoms with van der Waals surface area (Å²) >= 11 is 1.29. The van der Waals surface area contributed by atoms with Gasteiger partial charge in [0.15, 0.2) is 6.61 Å². The maximum Gasteiger partial charge on any atom is 0.277 e. The number of likely N-dealkylation sites (tertiary alicyclic amines) is 1. The fourth-order valence-corrected chi connectivity index (χ4v) is 3.76. The van der Waals surface area contributed by atoms with Crippen LogP contribution in [-0.2, 0) is 11.4 Å². The van der Waals surface area contributed by atoms with Crippen molar-refractivity contribution in [1.82, 2.24) is 15.1 Å². The molecule has 1 saturated heterocycles. The van der Waals surface area contributed by atoms with Gasteiger partial charge >= 0.3 is 0 Å². The molecule has 1 aliphatic heterocycles. The van der Waals surface area contributed by atoms with Gasteiger partial charge in [0, 0.05) is 12.6 Å². The Labute approximate surface area is 158 Å². The van der Waals surface area contributed by atoms with E-state index < -0.39 is 0 Å². The Bertz CT molecular complexity index is 717. The summed E-state index contributed by atoms with van der Waals surface area (Å²) in [5.41, 5.74) is 1.18. The van der Waals surface area contributed by atoms with E-state index in [9.17, 15) is 4.79 Å². The molecule has 1 aliphatic rings. The Morgan fingerprint density at radius 2 is 2.12 bits per heavy atom. The van der Waals surface area contributed by atoms with Crippen LogP contribution in [0.25, 0.3) is 0 Å². The number of piperidine rings is 1. The van der Waals surface area contributed by atoms with Crippen molar-refractivity contribution >= 4 is 17.7 Å². The Kier molecular flexibility index (Phi) is 6.55. The standard InChI is InChI=1S/C19H25N3O3S/c1-3-15-6-4-5-11-22(15)18(23)13-26-19-21-20-17(25-19)12-24-16-9-7-14(2)8-10-16/h7-10,15H,3-6,11-13H2,1-2H3. The number of aromatic nitrogens is 2. The predicted octanol–water partition coefficient (Wildman–Crippen LogP) is 3.84. The summed E-state index contributed by atoms with van der Waals surface area (Å²) in [5.74, 6) is 1.65. The summed E-state index contributed by atoms with van der Waals surface area (Å²) in [4.78, 5) is 14.5. The van der Waals surface area contributed by atoms with Crippen LogP contribution in [0.3, 0.4) is 0 Å². The van der Waals surface area contributed by atoms with Crippen LogP contribution in [0.2, 0.25) is 0 Å². The molecule has 0 N–H and O–H groups in total. The van der Waals surface area contributed by atoms with Gasteiger partial charge in [0.05, 0.1) is 5.75 Å². The maximum atomic E-state index is 12.5. The van der Waals surface area contributed by atoms with Crippen LogP contribution in [0.1, 0.15) is 44.1 Å². The van der Waals surface area contributed by atoms with Crippen molar-refractivity contribution in [3.05, 3.63) is 35.7 Å². The number of thioether (sulfide) groups is 1. The van der Waals surface area contributed by atoms with Gasteiger partial charge < -0.3 is 14.1 Å². The quantitative estimate of drug-likeness (QED) is 0.685. The fourth-order valence-electron chi connectivity index (χ4n) is 3.09. The maximum absolute atomic E-state index is 12.5. The molecule has 2 aromatic rings. The van der Waals surface area contributed by atoms with Gasteiger partial charge in [-0.25, -0.2) is 0 Å². The number of aryl methyl sites for hydroxylation is 1. The van der Waals surface area contributed by atoms with Gasteiger partial charge in [-0.2, -0.15) is 0 Å². The monoisotopic (exact) mass is 375 g/mol. The minimum Gasteiger partial charge on any atom is -0.484 e. The molecule has 1 atom stereocenters. The Balaban J connectivity index is 1.47. The first-order valence-electron chi connectivity index (χ1n) is 9.10. The van der Waals surface area contributed by atoms with Crippen molar-refractivity contribution in [2.75, 3.05) is 12.3 Å². The molecule has 1 unspecified atom stereocenters. The molecule has 7 heteroatoms. The first-order valence-corrected chi connectivity index (χ1v) is 10.1. The first kappa shape index (κ1) is 18.8. The van der Waals surface area contributed by atoms with Crippen LogP contribution in [0.5, 0.6) is 5.75 Å². The molecule has 26 heavy (non-hydrogen) atoms. The molecule has 1 aromatic heterocycles. The molecular formula is C19H25N3O3S. The SMILES string of the molecule is CCC1CCCCN1C(=O)CSc1nnc(COc2ccc(C)cc2)o1. The average Bonchev–Trinajstić information content (AvgIpc) is 3.13. The highest BCUT2D eigenvalue weighted by atomic mass is 32.2. The topological polar surface area (TPSA) is 68.5 Å². The fraction of sp³-hybridized carbons (Fsp3) is 0.526. The molecule has 1 amide bonds. The van der Waals surface area contributed by atoms with E-state index >= 15 is 0 Å². The van der Waals surface area contributed by atoms with Crippen LogP contribution >= 0.6 is 11.8 Å². The van der Waals surface area contributed by atoms with Crippen LogP contribution in [0.4, 0.5) is 0 Å². The highest BCUT2D eigenvalue weighted by Crippen LogP contribution is 2.23. The Morgan fingerprint density at radius 3 is 2.88 bits per heavy atom. The minimum atomic E-state index is 0.150. The Morgan fingerprint density at radius 1 is 1.31 bits per heavy atom. The molecule has 1 fully saturated rings. The van der Waals surface area contributed by atoms with E-state index in [0.29, 0.717) is 22.9 Å². The third kappa shape index (κ3) is 5.00. The number of rotatable bonds is 7.